The molecule has 1 aliphatic rings. The summed E-state index contributed by atoms with van der Waals surface area (Å²) in [4.78, 5) is 13.1. The quantitative estimate of drug-likeness (QED) is 0.0261. The third-order valence-electron chi connectivity index (χ3n) is 15.3. The van der Waals surface area contributed by atoms with Crippen LogP contribution in [-0.2, 0) is 14.3 Å². The first-order valence-electron chi connectivity index (χ1n) is 34.9. The van der Waals surface area contributed by atoms with E-state index >= 15 is 0 Å². The van der Waals surface area contributed by atoms with Crippen molar-refractivity contribution in [3.63, 3.8) is 0 Å². The number of ether oxygens (including phenoxy) is 2. The Morgan fingerprint density at radius 1 is 0.402 bits per heavy atom. The Hall–Kier alpha value is -4.45. The number of carbonyl (C=O) groups excluding carboxylic acids is 1. The van der Waals surface area contributed by atoms with Crippen molar-refractivity contribution in [2.75, 3.05) is 13.2 Å². The maximum Gasteiger partial charge on any atom is 0.220 e. The van der Waals surface area contributed by atoms with Crippen LogP contribution in [0.5, 0.6) is 0 Å². The molecule has 1 amide bonds. The summed E-state index contributed by atoms with van der Waals surface area (Å²) >= 11 is 0. The van der Waals surface area contributed by atoms with Crippen LogP contribution in [0.2, 0.25) is 0 Å². The molecular formula is C78H127NO8. The number of allylic oxidation sites excluding steroid dienone is 27. The van der Waals surface area contributed by atoms with Crippen LogP contribution in [0.4, 0.5) is 0 Å². The molecule has 6 N–H and O–H groups in total. The predicted molar refractivity (Wildman–Crippen MR) is 372 cm³/mol. The minimum Gasteiger partial charge on any atom is -0.394 e. The Morgan fingerprint density at radius 2 is 0.724 bits per heavy atom. The van der Waals surface area contributed by atoms with E-state index < -0.39 is 49.5 Å². The molecular weight excluding hydrogens is 1080 g/mol. The van der Waals surface area contributed by atoms with Crippen LogP contribution >= 0.6 is 0 Å². The van der Waals surface area contributed by atoms with Gasteiger partial charge in [0.05, 0.1) is 25.4 Å². The molecule has 87 heavy (non-hydrogen) atoms. The van der Waals surface area contributed by atoms with Gasteiger partial charge in [0.15, 0.2) is 6.29 Å². The van der Waals surface area contributed by atoms with E-state index in [1.54, 1.807) is 6.08 Å². The van der Waals surface area contributed by atoms with Crippen LogP contribution < -0.4 is 5.32 Å². The normalized spacial score (nSPS) is 19.1. The molecule has 1 heterocycles. The third kappa shape index (κ3) is 53.1. The van der Waals surface area contributed by atoms with Crippen molar-refractivity contribution in [1.82, 2.24) is 5.32 Å². The average molecular weight is 1210 g/mol. The second kappa shape index (κ2) is 64.5. The van der Waals surface area contributed by atoms with Gasteiger partial charge in [-0.25, -0.2) is 0 Å². The molecule has 1 fully saturated rings. The second-order valence-corrected chi connectivity index (χ2v) is 23.2. The number of hydrogen-bond acceptors (Lipinski definition) is 8. The van der Waals surface area contributed by atoms with Crippen molar-refractivity contribution in [2.45, 2.75) is 301 Å². The molecule has 0 aromatic heterocycles. The van der Waals surface area contributed by atoms with E-state index in [2.05, 4.69) is 177 Å². The van der Waals surface area contributed by atoms with Gasteiger partial charge in [-0.2, -0.15) is 0 Å². The maximum atomic E-state index is 13.1. The van der Waals surface area contributed by atoms with Crippen LogP contribution in [0.15, 0.2) is 170 Å². The zero-order valence-electron chi connectivity index (χ0n) is 55.0. The van der Waals surface area contributed by atoms with Gasteiger partial charge in [-0.3, -0.25) is 4.79 Å². The summed E-state index contributed by atoms with van der Waals surface area (Å²) < 4.78 is 11.3. The summed E-state index contributed by atoms with van der Waals surface area (Å²) in [6.45, 7) is 3.64. The number of nitrogens with one attached hydrogen (secondary N) is 1. The molecule has 1 saturated heterocycles. The summed E-state index contributed by atoms with van der Waals surface area (Å²) in [7, 11) is 0. The van der Waals surface area contributed by atoms with E-state index in [1.165, 1.54) is 109 Å². The predicted octanol–water partition coefficient (Wildman–Crippen LogP) is 19.3. The Bertz CT molecular complexity index is 1980. The lowest BCUT2D eigenvalue weighted by molar-refractivity contribution is -0.302. The van der Waals surface area contributed by atoms with Gasteiger partial charge in [-0.15, -0.1) is 0 Å². The smallest absolute Gasteiger partial charge is 0.220 e. The largest absolute Gasteiger partial charge is 0.394 e. The number of hydrogen-bond donors (Lipinski definition) is 6. The van der Waals surface area contributed by atoms with Gasteiger partial charge in [-0.1, -0.05) is 300 Å². The molecule has 9 nitrogen and oxygen atoms in total. The molecule has 1 aliphatic heterocycles. The number of amides is 1. The molecule has 1 rings (SSSR count). The lowest BCUT2D eigenvalue weighted by Crippen LogP contribution is -2.60. The highest BCUT2D eigenvalue weighted by atomic mass is 16.7. The molecule has 0 radical (unpaired) electrons. The van der Waals surface area contributed by atoms with E-state index in [0.29, 0.717) is 12.8 Å². The molecule has 0 bridgehead atoms. The first kappa shape index (κ1) is 80.6. The van der Waals surface area contributed by atoms with E-state index in [4.69, 9.17) is 9.47 Å². The van der Waals surface area contributed by atoms with Crippen LogP contribution in [0.25, 0.3) is 0 Å². The SMILES string of the molecule is CC/C=C\C/C=C\C/C=C\C/C=C\C/C=C\C/C=C\C/C=C\C/C=C\C/C=C\C/C=C\C/C=C\C/C=C\CCCCCCC(=O)NC(COC1OC(CO)C(O)C(O)C1O)C(O)/C=C/CC/C=C/CCCCCCCCCCCCCCCCCCC. The zero-order chi connectivity index (χ0) is 62.8. The Kier molecular flexibility index (Phi) is 59.8. The van der Waals surface area contributed by atoms with Crippen molar-refractivity contribution < 1.29 is 39.8 Å². The van der Waals surface area contributed by atoms with Crippen molar-refractivity contribution in [3.05, 3.63) is 170 Å². The molecule has 7 unspecified atom stereocenters. The molecule has 0 aromatic carbocycles. The first-order chi connectivity index (χ1) is 42.8. The third-order valence-corrected chi connectivity index (χ3v) is 15.3. The number of rotatable bonds is 58. The minimum atomic E-state index is -1.59. The Morgan fingerprint density at radius 3 is 1.10 bits per heavy atom. The fraction of sp³-hybridized carbons (Fsp3) is 0.628. The standard InChI is InChI=1S/C78H127NO8/c1-3-5-7-9-11-13-15-17-19-21-23-25-27-28-29-30-31-32-33-34-35-36-37-38-39-40-41-42-43-44-46-48-50-52-54-56-58-60-62-64-66-68-74(82)79-71(70-86-78-77(85)76(84)75(83)73(69-80)87-78)72(81)67-65-63-61-59-57-55-53-51-49-47-45-26-24-22-20-18-16-14-12-10-8-6-4-2/h5,7,11,13,17,19,23,25,28-29,31-32,34-35,37-38,40-41,43-44,48,50,54,56-57,59,65,67,71-73,75-78,80-81,83-85H,3-4,6,8-10,12,14-16,18,20-22,24,26-27,30,33,36,39,42,45-47,49,51-53,55,58,60-64,66,68-70H2,1-2H3,(H,79,82)/b7-5-,13-11-,19-17-,25-23-,29-28-,32-31-,35-34-,38-37-,41-40-,44-43-,50-48-,56-54-,59-57+,67-65+. The van der Waals surface area contributed by atoms with Crippen LogP contribution in [0.3, 0.4) is 0 Å². The summed E-state index contributed by atoms with van der Waals surface area (Å²) in [6.07, 6.45) is 95.9. The summed E-state index contributed by atoms with van der Waals surface area (Å²) in [5, 5.41) is 54.7. The van der Waals surface area contributed by atoms with Crippen LogP contribution in [0.1, 0.15) is 258 Å². The second-order valence-electron chi connectivity index (χ2n) is 23.2. The van der Waals surface area contributed by atoms with Crippen LogP contribution in [0, 0.1) is 0 Å². The first-order valence-corrected chi connectivity index (χ1v) is 34.9. The van der Waals surface area contributed by atoms with Gasteiger partial charge in [0.25, 0.3) is 0 Å². The lowest BCUT2D eigenvalue weighted by atomic mass is 9.99. The van der Waals surface area contributed by atoms with Gasteiger partial charge in [-0.05, 0) is 122 Å². The van der Waals surface area contributed by atoms with Crippen molar-refractivity contribution in [2.24, 2.45) is 0 Å². The number of unbranched alkanes of at least 4 members (excludes halogenated alkanes) is 22. The summed E-state index contributed by atoms with van der Waals surface area (Å²) in [5.41, 5.74) is 0. The molecule has 7 atom stereocenters. The number of carbonyl (C=O) groups is 1. The average Bonchev–Trinajstić information content (AvgIpc) is 3.47. The lowest BCUT2D eigenvalue weighted by Gasteiger charge is -2.40. The molecule has 0 spiro atoms. The summed E-state index contributed by atoms with van der Waals surface area (Å²) in [5.74, 6) is -0.216. The maximum absolute atomic E-state index is 13.1. The molecule has 0 aromatic rings. The van der Waals surface area contributed by atoms with E-state index in [1.807, 2.05) is 6.08 Å². The van der Waals surface area contributed by atoms with Crippen LogP contribution in [-0.4, -0.2) is 87.5 Å². The van der Waals surface area contributed by atoms with E-state index in [9.17, 15) is 30.3 Å². The van der Waals surface area contributed by atoms with Gasteiger partial charge in [0.2, 0.25) is 5.91 Å². The highest BCUT2D eigenvalue weighted by molar-refractivity contribution is 5.76. The highest BCUT2D eigenvalue weighted by Crippen LogP contribution is 2.23. The van der Waals surface area contributed by atoms with Gasteiger partial charge >= 0.3 is 0 Å². The number of aliphatic hydroxyl groups is 5. The highest BCUT2D eigenvalue weighted by Gasteiger charge is 2.44. The van der Waals surface area contributed by atoms with Gasteiger partial charge in [0.1, 0.15) is 24.4 Å². The van der Waals surface area contributed by atoms with Crippen molar-refractivity contribution >= 4 is 5.91 Å². The Labute approximate surface area is 532 Å². The topological polar surface area (TPSA) is 149 Å². The van der Waals surface area contributed by atoms with E-state index in [-0.39, 0.29) is 12.5 Å². The molecule has 0 aliphatic carbocycles. The van der Waals surface area contributed by atoms with Gasteiger partial charge < -0.3 is 40.3 Å². The fourth-order valence-corrected chi connectivity index (χ4v) is 9.86. The van der Waals surface area contributed by atoms with Crippen molar-refractivity contribution in [3.8, 4) is 0 Å². The molecule has 9 heteroatoms. The van der Waals surface area contributed by atoms with Gasteiger partial charge in [0, 0.05) is 6.42 Å². The number of aliphatic hydroxyl groups excluding tert-OH is 5. The fourth-order valence-electron chi connectivity index (χ4n) is 9.86. The van der Waals surface area contributed by atoms with E-state index in [0.717, 1.165) is 122 Å². The monoisotopic (exact) mass is 1210 g/mol. The Balaban J connectivity index is 2.21. The molecule has 492 valence electrons. The minimum absolute atomic E-state index is 0.216. The van der Waals surface area contributed by atoms with Crippen molar-refractivity contribution in [1.29, 1.82) is 0 Å². The molecule has 0 saturated carbocycles. The zero-order valence-corrected chi connectivity index (χ0v) is 55.0. The summed E-state index contributed by atoms with van der Waals surface area (Å²) in [6, 6.07) is -0.850.